The fourth-order valence-electron chi connectivity index (χ4n) is 1.89. The van der Waals surface area contributed by atoms with Crippen LogP contribution in [0.5, 0.6) is 5.75 Å². The quantitative estimate of drug-likeness (QED) is 0.799. The Balaban J connectivity index is 1.71. The number of hydrogen-bond acceptors (Lipinski definition) is 3. The van der Waals surface area contributed by atoms with Crippen LogP contribution in [0, 0.1) is 0 Å². The molecule has 0 aliphatic heterocycles. The molecule has 114 valence electrons. The highest BCUT2D eigenvalue weighted by atomic mass is 19.4. The molecule has 0 atom stereocenters. The van der Waals surface area contributed by atoms with Gasteiger partial charge in [-0.25, -0.2) is 4.98 Å². The van der Waals surface area contributed by atoms with E-state index >= 15 is 0 Å². The van der Waals surface area contributed by atoms with Gasteiger partial charge in [-0.2, -0.15) is 0 Å². The summed E-state index contributed by atoms with van der Waals surface area (Å²) in [5, 5.41) is 3.18. The van der Waals surface area contributed by atoms with Gasteiger partial charge in [-0.3, -0.25) is 0 Å². The molecule has 0 unspecified atom stereocenters. The topological polar surface area (TPSA) is 39.1 Å². The van der Waals surface area contributed by atoms with Crippen molar-refractivity contribution in [3.05, 3.63) is 48.5 Å². The second-order valence-corrected chi connectivity index (χ2v) is 4.53. The van der Waals surface area contributed by atoms with E-state index in [1.807, 2.05) is 10.8 Å². The number of ether oxygens (including phenoxy) is 1. The molecule has 1 aromatic heterocycles. The third-order valence-corrected chi connectivity index (χ3v) is 2.79. The fourth-order valence-corrected chi connectivity index (χ4v) is 1.89. The summed E-state index contributed by atoms with van der Waals surface area (Å²) >= 11 is 0. The van der Waals surface area contributed by atoms with Crippen LogP contribution in [0.15, 0.2) is 43.0 Å². The third kappa shape index (κ3) is 5.86. The zero-order chi connectivity index (χ0) is 15.1. The van der Waals surface area contributed by atoms with Crippen LogP contribution in [-0.4, -0.2) is 22.5 Å². The molecular weight excluding hydrogens is 283 g/mol. The lowest BCUT2D eigenvalue weighted by atomic mass is 10.2. The van der Waals surface area contributed by atoms with Gasteiger partial charge < -0.3 is 14.6 Å². The number of nitrogens with one attached hydrogen (secondary N) is 1. The molecule has 0 spiro atoms. The van der Waals surface area contributed by atoms with Crippen molar-refractivity contribution in [1.29, 1.82) is 0 Å². The molecule has 0 radical (unpaired) electrons. The predicted molar refractivity (Wildman–Crippen MR) is 71.7 cm³/mol. The van der Waals surface area contributed by atoms with Crippen LogP contribution in [-0.2, 0) is 13.1 Å². The van der Waals surface area contributed by atoms with Crippen molar-refractivity contribution in [2.75, 3.05) is 6.54 Å². The van der Waals surface area contributed by atoms with Crippen LogP contribution in [0.4, 0.5) is 13.2 Å². The Hall–Kier alpha value is -2.02. The SMILES string of the molecule is FC(F)(F)Oc1cccc(CNCCCn2ccnc2)c1. The molecule has 2 rings (SSSR count). The summed E-state index contributed by atoms with van der Waals surface area (Å²) < 4.78 is 42.2. The van der Waals surface area contributed by atoms with Gasteiger partial charge in [0.2, 0.25) is 0 Å². The van der Waals surface area contributed by atoms with Crippen molar-refractivity contribution in [2.24, 2.45) is 0 Å². The van der Waals surface area contributed by atoms with Crippen molar-refractivity contribution >= 4 is 0 Å². The lowest BCUT2D eigenvalue weighted by Gasteiger charge is -2.10. The highest BCUT2D eigenvalue weighted by Crippen LogP contribution is 2.23. The number of imidazole rings is 1. The van der Waals surface area contributed by atoms with Crippen LogP contribution >= 0.6 is 0 Å². The predicted octanol–water partition coefficient (Wildman–Crippen LogP) is 2.96. The largest absolute Gasteiger partial charge is 0.573 e. The molecule has 21 heavy (non-hydrogen) atoms. The summed E-state index contributed by atoms with van der Waals surface area (Å²) in [6.07, 6.45) is 1.61. The van der Waals surface area contributed by atoms with Gasteiger partial charge >= 0.3 is 6.36 Å². The number of aryl methyl sites for hydroxylation is 1. The zero-order valence-electron chi connectivity index (χ0n) is 11.3. The molecule has 0 saturated carbocycles. The molecule has 1 aromatic carbocycles. The molecule has 1 N–H and O–H groups in total. The Kier molecular flexibility index (Phi) is 5.21. The number of benzene rings is 1. The monoisotopic (exact) mass is 299 g/mol. The maximum Gasteiger partial charge on any atom is 0.573 e. The number of rotatable bonds is 7. The minimum atomic E-state index is -4.66. The molecule has 0 fully saturated rings. The normalized spacial score (nSPS) is 11.6. The summed E-state index contributed by atoms with van der Waals surface area (Å²) in [4.78, 5) is 3.94. The van der Waals surface area contributed by atoms with Crippen LogP contribution in [0.1, 0.15) is 12.0 Å². The first-order valence-electron chi connectivity index (χ1n) is 6.54. The van der Waals surface area contributed by atoms with Crippen LogP contribution in [0.3, 0.4) is 0 Å². The average molecular weight is 299 g/mol. The number of alkyl halides is 3. The zero-order valence-corrected chi connectivity index (χ0v) is 11.3. The van der Waals surface area contributed by atoms with E-state index < -0.39 is 6.36 Å². The van der Waals surface area contributed by atoms with E-state index in [-0.39, 0.29) is 5.75 Å². The van der Waals surface area contributed by atoms with Crippen molar-refractivity contribution in [3.8, 4) is 5.75 Å². The summed E-state index contributed by atoms with van der Waals surface area (Å²) in [6.45, 7) is 2.12. The lowest BCUT2D eigenvalue weighted by Crippen LogP contribution is -2.18. The van der Waals surface area contributed by atoms with E-state index in [0.717, 1.165) is 25.1 Å². The van der Waals surface area contributed by atoms with Gasteiger partial charge in [0.25, 0.3) is 0 Å². The molecule has 7 heteroatoms. The first-order chi connectivity index (χ1) is 10.0. The van der Waals surface area contributed by atoms with Gasteiger partial charge in [0.15, 0.2) is 0 Å². The standard InChI is InChI=1S/C14H16F3N3O/c15-14(16,17)21-13-4-1-3-12(9-13)10-18-5-2-7-20-8-6-19-11-20/h1,3-4,6,8-9,11,18H,2,5,7,10H2. The first kappa shape index (κ1) is 15.4. The lowest BCUT2D eigenvalue weighted by molar-refractivity contribution is -0.274. The van der Waals surface area contributed by atoms with Crippen LogP contribution < -0.4 is 10.1 Å². The summed E-state index contributed by atoms with van der Waals surface area (Å²) in [5.74, 6) is -0.194. The van der Waals surface area contributed by atoms with Gasteiger partial charge in [-0.05, 0) is 30.7 Å². The van der Waals surface area contributed by atoms with E-state index in [2.05, 4.69) is 15.0 Å². The Bertz CT molecular complexity index is 541. The maximum atomic E-state index is 12.1. The second-order valence-electron chi connectivity index (χ2n) is 4.53. The molecule has 1 heterocycles. The molecule has 4 nitrogen and oxygen atoms in total. The third-order valence-electron chi connectivity index (χ3n) is 2.79. The number of hydrogen-bond donors (Lipinski definition) is 1. The molecule has 0 bridgehead atoms. The Morgan fingerprint density at radius 2 is 2.14 bits per heavy atom. The molecular formula is C14H16F3N3O. The summed E-state index contributed by atoms with van der Waals surface area (Å²) in [5.41, 5.74) is 0.749. The Labute approximate surface area is 120 Å². The minimum absolute atomic E-state index is 0.194. The number of aromatic nitrogens is 2. The van der Waals surface area contributed by atoms with E-state index in [1.165, 1.54) is 12.1 Å². The summed E-state index contributed by atoms with van der Waals surface area (Å²) in [6, 6.07) is 5.97. The van der Waals surface area contributed by atoms with E-state index in [9.17, 15) is 13.2 Å². The first-order valence-corrected chi connectivity index (χ1v) is 6.54. The summed E-state index contributed by atoms with van der Waals surface area (Å²) in [7, 11) is 0. The highest BCUT2D eigenvalue weighted by Gasteiger charge is 2.31. The van der Waals surface area contributed by atoms with Crippen molar-refractivity contribution < 1.29 is 17.9 Å². The number of nitrogens with zero attached hydrogens (tertiary/aromatic N) is 2. The highest BCUT2D eigenvalue weighted by molar-refractivity contribution is 5.28. The van der Waals surface area contributed by atoms with Gasteiger partial charge in [0.1, 0.15) is 5.75 Å². The average Bonchev–Trinajstić information content (AvgIpc) is 2.90. The van der Waals surface area contributed by atoms with Crippen molar-refractivity contribution in [3.63, 3.8) is 0 Å². The van der Waals surface area contributed by atoms with Crippen LogP contribution in [0.2, 0.25) is 0 Å². The van der Waals surface area contributed by atoms with Gasteiger partial charge in [0, 0.05) is 25.5 Å². The van der Waals surface area contributed by atoms with E-state index in [0.29, 0.717) is 6.54 Å². The van der Waals surface area contributed by atoms with Gasteiger partial charge in [-0.15, -0.1) is 13.2 Å². The second kappa shape index (κ2) is 7.12. The van der Waals surface area contributed by atoms with Crippen LogP contribution in [0.25, 0.3) is 0 Å². The Morgan fingerprint density at radius 3 is 2.86 bits per heavy atom. The minimum Gasteiger partial charge on any atom is -0.406 e. The molecule has 2 aromatic rings. The van der Waals surface area contributed by atoms with E-state index in [1.54, 1.807) is 24.7 Å². The molecule has 0 aliphatic carbocycles. The fraction of sp³-hybridized carbons (Fsp3) is 0.357. The molecule has 0 amide bonds. The Morgan fingerprint density at radius 1 is 1.29 bits per heavy atom. The maximum absolute atomic E-state index is 12.1. The van der Waals surface area contributed by atoms with Crippen molar-refractivity contribution in [1.82, 2.24) is 14.9 Å². The van der Waals surface area contributed by atoms with Crippen molar-refractivity contribution in [2.45, 2.75) is 25.9 Å². The van der Waals surface area contributed by atoms with Gasteiger partial charge in [0.05, 0.1) is 6.33 Å². The molecule has 0 saturated heterocycles. The smallest absolute Gasteiger partial charge is 0.406 e. The van der Waals surface area contributed by atoms with Gasteiger partial charge in [-0.1, -0.05) is 12.1 Å². The van der Waals surface area contributed by atoms with E-state index in [4.69, 9.17) is 0 Å². The molecule has 0 aliphatic rings. The number of halogens is 3.